The van der Waals surface area contributed by atoms with Crippen LogP contribution in [0.2, 0.25) is 0 Å². The van der Waals surface area contributed by atoms with Gasteiger partial charge in [0.1, 0.15) is 41.6 Å². The second-order valence-corrected chi connectivity index (χ2v) is 21.0. The van der Waals surface area contributed by atoms with Gasteiger partial charge in [0.2, 0.25) is 27.7 Å². The molecule has 2 saturated heterocycles. The summed E-state index contributed by atoms with van der Waals surface area (Å²) < 4.78 is 46.0. The molecule has 5 fully saturated rings. The summed E-state index contributed by atoms with van der Waals surface area (Å²) >= 11 is 0. The zero-order valence-electron chi connectivity index (χ0n) is 35.3. The van der Waals surface area contributed by atoms with Gasteiger partial charge in [-0.05, 0) is 81.3 Å². The number of aliphatic imine (C=N–C) groups is 1. The summed E-state index contributed by atoms with van der Waals surface area (Å²) in [6.07, 6.45) is 5.89. The topological polar surface area (TPSA) is 185 Å². The number of hydrogen-bond donors (Lipinski definition) is 3. The van der Waals surface area contributed by atoms with E-state index >= 15 is 0 Å². The Labute approximate surface area is 342 Å². The van der Waals surface area contributed by atoms with Gasteiger partial charge in [0.15, 0.2) is 0 Å². The summed E-state index contributed by atoms with van der Waals surface area (Å²) in [6, 6.07) is 3.35. The number of fused-ring (bicyclic) bond motifs is 5. The number of nitrogens with zero attached hydrogens (tertiary/aromatic N) is 3. The van der Waals surface area contributed by atoms with Gasteiger partial charge in [-0.2, -0.15) is 0 Å². The highest BCUT2D eigenvalue weighted by Gasteiger charge is 2.64. The van der Waals surface area contributed by atoms with E-state index in [1.165, 1.54) is 4.90 Å². The van der Waals surface area contributed by atoms with E-state index in [4.69, 9.17) is 19.2 Å². The number of nitrogens with one attached hydrogen (secondary N) is 3. The van der Waals surface area contributed by atoms with Gasteiger partial charge in [-0.1, -0.05) is 60.3 Å². The average molecular weight is 827 g/mol. The van der Waals surface area contributed by atoms with Gasteiger partial charge in [-0.3, -0.25) is 19.1 Å². The number of ether oxygens (including phenoxy) is 3. The van der Waals surface area contributed by atoms with E-state index in [-0.39, 0.29) is 36.9 Å². The van der Waals surface area contributed by atoms with Gasteiger partial charge >= 0.3 is 6.09 Å². The van der Waals surface area contributed by atoms with Crippen LogP contribution in [-0.4, -0.2) is 104 Å². The Morgan fingerprint density at radius 2 is 1.78 bits per heavy atom. The minimum absolute atomic E-state index is 0.00694. The molecule has 3 saturated carbocycles. The molecule has 2 bridgehead atoms. The fourth-order valence-corrected chi connectivity index (χ4v) is 10.6. The quantitative estimate of drug-likeness (QED) is 0.324. The normalized spacial score (nSPS) is 33.3. The van der Waals surface area contributed by atoms with Gasteiger partial charge in [0.05, 0.1) is 29.8 Å². The molecule has 7 rings (SSSR count). The van der Waals surface area contributed by atoms with Crippen LogP contribution in [-0.2, 0) is 33.9 Å². The molecular formula is C42H62N6O9S. The van der Waals surface area contributed by atoms with E-state index in [2.05, 4.69) is 20.3 Å². The van der Waals surface area contributed by atoms with E-state index in [1.54, 1.807) is 14.0 Å². The van der Waals surface area contributed by atoms with Crippen molar-refractivity contribution >= 4 is 51.1 Å². The van der Waals surface area contributed by atoms with Gasteiger partial charge in [0.25, 0.3) is 5.91 Å². The smallest absolute Gasteiger partial charge is 0.408 e. The van der Waals surface area contributed by atoms with Crippen molar-refractivity contribution in [3.8, 4) is 5.75 Å². The highest BCUT2D eigenvalue weighted by molar-refractivity contribution is 7.91. The Kier molecular flexibility index (Phi) is 11.2. The minimum Gasteiger partial charge on any atom is -0.497 e. The van der Waals surface area contributed by atoms with Crippen LogP contribution in [0.5, 0.6) is 5.75 Å². The maximum Gasteiger partial charge on any atom is 0.408 e. The van der Waals surface area contributed by atoms with Gasteiger partial charge in [-0.25, -0.2) is 18.2 Å². The van der Waals surface area contributed by atoms with Crippen LogP contribution in [0.3, 0.4) is 0 Å². The fourth-order valence-electron chi connectivity index (χ4n) is 9.25. The Balaban J connectivity index is 1.26. The lowest BCUT2D eigenvalue weighted by Gasteiger charge is -2.36. The molecule has 1 aromatic carbocycles. The molecule has 3 aliphatic carbocycles. The number of methoxy groups -OCH3 is 1. The van der Waals surface area contributed by atoms with E-state index in [0.717, 1.165) is 44.2 Å². The van der Waals surface area contributed by atoms with Gasteiger partial charge in [0, 0.05) is 19.0 Å². The number of amides is 4. The van der Waals surface area contributed by atoms with Crippen LogP contribution < -0.4 is 25.0 Å². The Morgan fingerprint density at radius 1 is 1.05 bits per heavy atom. The predicted molar refractivity (Wildman–Crippen MR) is 218 cm³/mol. The van der Waals surface area contributed by atoms with Crippen LogP contribution in [0, 0.1) is 23.2 Å². The van der Waals surface area contributed by atoms with Crippen molar-refractivity contribution in [3.05, 3.63) is 18.2 Å². The first-order chi connectivity index (χ1) is 27.4. The summed E-state index contributed by atoms with van der Waals surface area (Å²) in [5.41, 5.74) is -0.630. The standard InChI is InChI=1S/C42H62N6O9S/c1-9-25-22-42(25,38(51)46-58(53,54)41(6)18-19-41)45-35(49)33-27(10-2)32-23-48(33)37(50)34(40(3,4)5)44-39(52)57-31-20-24(31)14-12-11-13-15-30-36(56-32)43-28-21-26(55-8)16-17-29(28)47(30)7/h16-17,21,24-25,27,30-34H,9-15,18-20,22-23H2,1-8H3,(H,44,52)(H,45,49)(H,46,51)/t24-,25-,27-,30?,31-,32+,33+,34-,42-/m1/s1. The Hall–Kier alpha value is -4.08. The molecule has 0 aromatic heterocycles. The molecule has 0 spiro atoms. The first kappa shape index (κ1) is 42.1. The molecule has 3 N–H and O–H groups in total. The van der Waals surface area contributed by atoms with E-state index in [1.807, 2.05) is 59.9 Å². The highest BCUT2D eigenvalue weighted by atomic mass is 32.2. The molecule has 0 radical (unpaired) electrons. The molecular weight excluding hydrogens is 765 g/mol. The zero-order chi connectivity index (χ0) is 41.9. The van der Waals surface area contributed by atoms with Crippen molar-refractivity contribution < 1.29 is 41.8 Å². The second kappa shape index (κ2) is 15.5. The minimum atomic E-state index is -3.98. The lowest BCUT2D eigenvalue weighted by molar-refractivity contribution is -0.143. The van der Waals surface area contributed by atoms with Crippen LogP contribution in [0.1, 0.15) is 112 Å². The van der Waals surface area contributed by atoms with Crippen LogP contribution in [0.15, 0.2) is 23.2 Å². The number of carbonyl (C=O) groups is 4. The number of anilines is 1. The van der Waals surface area contributed by atoms with Crippen molar-refractivity contribution in [2.45, 2.75) is 153 Å². The first-order valence-corrected chi connectivity index (χ1v) is 22.7. The number of rotatable bonds is 8. The zero-order valence-corrected chi connectivity index (χ0v) is 36.1. The van der Waals surface area contributed by atoms with E-state index in [0.29, 0.717) is 43.0 Å². The van der Waals surface area contributed by atoms with Crippen LogP contribution in [0.25, 0.3) is 0 Å². The molecule has 1 unspecified atom stereocenters. The molecule has 9 atom stereocenters. The summed E-state index contributed by atoms with van der Waals surface area (Å²) in [6.45, 7) is 11.0. The van der Waals surface area contributed by atoms with Crippen LogP contribution in [0.4, 0.5) is 16.2 Å². The monoisotopic (exact) mass is 826 g/mol. The van der Waals surface area contributed by atoms with Gasteiger partial charge < -0.3 is 34.6 Å². The molecule has 320 valence electrons. The molecule has 3 heterocycles. The largest absolute Gasteiger partial charge is 0.497 e. The third kappa shape index (κ3) is 7.98. The van der Waals surface area contributed by atoms with Crippen molar-refractivity contribution in [1.82, 2.24) is 20.3 Å². The molecule has 4 amide bonds. The molecule has 6 aliphatic rings. The lowest BCUT2D eigenvalue weighted by Crippen LogP contribution is -2.61. The average Bonchev–Trinajstić information content (AvgIpc) is 4.12. The van der Waals surface area contributed by atoms with Crippen molar-refractivity contribution in [2.24, 2.45) is 28.2 Å². The molecule has 3 aliphatic heterocycles. The van der Waals surface area contributed by atoms with Gasteiger partial charge in [-0.15, -0.1) is 0 Å². The fraction of sp³-hybridized carbons (Fsp3) is 0.738. The number of alkyl carbamates (subject to hydrolysis) is 1. The second-order valence-electron chi connectivity index (χ2n) is 18.8. The summed E-state index contributed by atoms with van der Waals surface area (Å²) in [5.74, 6) is -1.27. The predicted octanol–water partition coefficient (Wildman–Crippen LogP) is 4.94. The Morgan fingerprint density at radius 3 is 2.41 bits per heavy atom. The number of benzene rings is 1. The molecule has 16 heteroatoms. The third-order valence-corrected chi connectivity index (χ3v) is 15.8. The number of sulfonamides is 1. The number of likely N-dealkylation sites (N-methyl/N-ethyl adjacent to an activating group) is 1. The molecule has 15 nitrogen and oxygen atoms in total. The highest BCUT2D eigenvalue weighted by Crippen LogP contribution is 2.49. The van der Waals surface area contributed by atoms with Crippen LogP contribution >= 0.6 is 0 Å². The third-order valence-electron chi connectivity index (χ3n) is 13.7. The van der Waals surface area contributed by atoms with E-state index in [9.17, 15) is 27.6 Å². The maximum absolute atomic E-state index is 15.0. The number of hydrogen-bond acceptors (Lipinski definition) is 11. The van der Waals surface area contributed by atoms with Crippen molar-refractivity contribution in [3.63, 3.8) is 0 Å². The summed E-state index contributed by atoms with van der Waals surface area (Å²) in [7, 11) is -0.352. The SMILES string of the molecule is CC[C@@H]1[C@@H]2CN(C(=O)[C@H](C(C)(C)C)NC(=O)O[C@@H]3C[C@H]3CCCCCC3C(=Nc4cc(OC)ccc4N3C)O2)[C@@H]1C(=O)N[C@]1(C(=O)NS(=O)(=O)C2(C)CC2)C[C@H]1CC. The summed E-state index contributed by atoms with van der Waals surface area (Å²) in [5, 5.41) is 5.84. The molecule has 58 heavy (non-hydrogen) atoms. The van der Waals surface area contributed by atoms with Crippen molar-refractivity contribution in [2.75, 3.05) is 25.6 Å². The first-order valence-electron chi connectivity index (χ1n) is 21.2. The Bertz CT molecular complexity index is 1950. The summed E-state index contributed by atoms with van der Waals surface area (Å²) in [4.78, 5) is 65.9. The van der Waals surface area contributed by atoms with Crippen molar-refractivity contribution in [1.29, 1.82) is 0 Å². The molecule has 1 aromatic rings. The number of carbonyl (C=O) groups excluding carboxylic acids is 4. The maximum atomic E-state index is 15.0. The lowest BCUT2D eigenvalue weighted by atomic mass is 9.85. The van der Waals surface area contributed by atoms with E-state index < -0.39 is 73.6 Å².